The Balaban J connectivity index is 1.64. The summed E-state index contributed by atoms with van der Waals surface area (Å²) in [6.07, 6.45) is 0.264. The molecule has 1 atom stereocenters. The highest BCUT2D eigenvalue weighted by molar-refractivity contribution is 5.93. The van der Waals surface area contributed by atoms with Crippen LogP contribution in [0, 0.1) is 5.92 Å². The van der Waals surface area contributed by atoms with Crippen molar-refractivity contribution in [1.82, 2.24) is 9.88 Å². The maximum atomic E-state index is 13.1. The van der Waals surface area contributed by atoms with E-state index in [2.05, 4.69) is 4.98 Å². The van der Waals surface area contributed by atoms with Crippen molar-refractivity contribution in [3.05, 3.63) is 53.2 Å². The van der Waals surface area contributed by atoms with Crippen molar-refractivity contribution in [2.75, 3.05) is 13.1 Å². The van der Waals surface area contributed by atoms with Gasteiger partial charge in [0.05, 0.1) is 5.56 Å². The van der Waals surface area contributed by atoms with Crippen molar-refractivity contribution in [1.29, 1.82) is 0 Å². The maximum absolute atomic E-state index is 13.1. The van der Waals surface area contributed by atoms with Crippen LogP contribution in [0.4, 0.5) is 13.2 Å². The minimum atomic E-state index is -4.34. The van der Waals surface area contributed by atoms with Gasteiger partial charge >= 0.3 is 6.18 Å². The highest BCUT2D eigenvalue weighted by atomic mass is 19.4. The summed E-state index contributed by atoms with van der Waals surface area (Å²) in [5.41, 5.74) is 0.0997. The topological polar surface area (TPSA) is 46.3 Å². The highest BCUT2D eigenvalue weighted by Crippen LogP contribution is 2.33. The Labute approximate surface area is 156 Å². The molecule has 1 amide bonds. The van der Waals surface area contributed by atoms with Gasteiger partial charge in [-0.05, 0) is 43.2 Å². The molecule has 0 N–H and O–H groups in total. The zero-order valence-corrected chi connectivity index (χ0v) is 15.3. The fourth-order valence-corrected chi connectivity index (χ4v) is 3.71. The molecule has 1 saturated heterocycles. The predicted molar refractivity (Wildman–Crippen MR) is 94.3 cm³/mol. The molecular weight excluding hydrogens is 357 g/mol. The maximum Gasteiger partial charge on any atom is 0.416 e. The van der Waals surface area contributed by atoms with Crippen molar-refractivity contribution in [2.45, 2.75) is 45.2 Å². The quantitative estimate of drug-likeness (QED) is 0.753. The summed E-state index contributed by atoms with van der Waals surface area (Å²) in [6.45, 7) is 3.09. The molecule has 0 bridgehead atoms. The van der Waals surface area contributed by atoms with E-state index in [1.165, 1.54) is 18.5 Å². The Hall–Kier alpha value is -2.31. The molecule has 0 unspecified atom stereocenters. The fourth-order valence-electron chi connectivity index (χ4n) is 3.71. The molecule has 0 saturated carbocycles. The average molecular weight is 380 g/mol. The number of carbonyl (C=O) groups is 1. The number of oxazole rings is 1. The number of hydrogen-bond acceptors (Lipinski definition) is 3. The second-order valence-electron chi connectivity index (χ2n) is 6.93. The molecule has 2 heterocycles. The molecule has 27 heavy (non-hydrogen) atoms. The summed E-state index contributed by atoms with van der Waals surface area (Å²) in [4.78, 5) is 18.5. The van der Waals surface area contributed by atoms with Crippen LogP contribution >= 0.6 is 0 Å². The zero-order valence-electron chi connectivity index (χ0n) is 15.3. The molecule has 1 fully saturated rings. The lowest BCUT2D eigenvalue weighted by molar-refractivity contribution is -0.138. The van der Waals surface area contributed by atoms with Gasteiger partial charge in [0.15, 0.2) is 12.1 Å². The summed E-state index contributed by atoms with van der Waals surface area (Å²) < 4.78 is 44.7. The van der Waals surface area contributed by atoms with Crippen LogP contribution in [0.5, 0.6) is 0 Å². The Morgan fingerprint density at radius 1 is 1.33 bits per heavy atom. The number of alkyl halides is 3. The van der Waals surface area contributed by atoms with Crippen LogP contribution in [0.3, 0.4) is 0 Å². The van der Waals surface area contributed by atoms with Crippen LogP contribution in [-0.2, 0) is 19.0 Å². The molecule has 146 valence electrons. The third-order valence-electron chi connectivity index (χ3n) is 5.12. The number of amides is 1. The van der Waals surface area contributed by atoms with Crippen LogP contribution in [0.1, 0.15) is 53.6 Å². The number of rotatable bonds is 5. The fraction of sp³-hybridized carbons (Fsp3) is 0.500. The third-order valence-corrected chi connectivity index (χ3v) is 5.12. The third kappa shape index (κ3) is 4.51. The number of benzene rings is 1. The normalized spacial score (nSPS) is 17.9. The number of aryl methyl sites for hydroxylation is 2. The summed E-state index contributed by atoms with van der Waals surface area (Å²) in [7, 11) is 0. The molecule has 0 spiro atoms. The Kier molecular flexibility index (Phi) is 5.87. The number of likely N-dealkylation sites (tertiary alicyclic amines) is 1. The number of carbonyl (C=O) groups excluding carboxylic acids is 1. The van der Waals surface area contributed by atoms with Gasteiger partial charge in [-0.2, -0.15) is 13.2 Å². The second-order valence-corrected chi connectivity index (χ2v) is 6.93. The van der Waals surface area contributed by atoms with Gasteiger partial charge in [-0.15, -0.1) is 0 Å². The average Bonchev–Trinajstić information content (AvgIpc) is 3.14. The number of halogens is 3. The smallest absolute Gasteiger partial charge is 0.416 e. The van der Waals surface area contributed by atoms with Gasteiger partial charge < -0.3 is 9.32 Å². The molecule has 1 aromatic carbocycles. The van der Waals surface area contributed by atoms with Crippen molar-refractivity contribution in [2.24, 2.45) is 5.92 Å². The van der Waals surface area contributed by atoms with Gasteiger partial charge in [0.2, 0.25) is 0 Å². The molecule has 3 rings (SSSR count). The largest absolute Gasteiger partial charge is 0.448 e. The van der Waals surface area contributed by atoms with Crippen molar-refractivity contribution in [3.63, 3.8) is 0 Å². The van der Waals surface area contributed by atoms with E-state index in [-0.39, 0.29) is 11.8 Å². The molecule has 0 radical (unpaired) electrons. The van der Waals surface area contributed by atoms with Crippen LogP contribution in [0.15, 0.2) is 35.1 Å². The summed E-state index contributed by atoms with van der Waals surface area (Å²) in [5.74, 6) is 0.600. The van der Waals surface area contributed by atoms with E-state index in [4.69, 9.17) is 4.42 Å². The first-order valence-electron chi connectivity index (χ1n) is 9.27. The Morgan fingerprint density at radius 2 is 2.11 bits per heavy atom. The first-order valence-corrected chi connectivity index (χ1v) is 9.27. The lowest BCUT2D eigenvalue weighted by Gasteiger charge is -2.32. The zero-order chi connectivity index (χ0) is 19.4. The lowest BCUT2D eigenvalue weighted by Crippen LogP contribution is -2.40. The molecule has 1 aromatic heterocycles. The van der Waals surface area contributed by atoms with E-state index in [1.807, 2.05) is 6.92 Å². The standard InChI is InChI=1S/C20H23F3N2O2/c1-2-17-18(24-13-27-17)19(26)25-11-5-6-14(12-25)9-10-15-7-3-4-8-16(15)20(21,22)23/h3-4,7-8,13-14H,2,5-6,9-12H2,1H3/t14-/m1/s1. The molecule has 7 heteroatoms. The van der Waals surface area contributed by atoms with Crippen LogP contribution in [0.2, 0.25) is 0 Å². The first-order chi connectivity index (χ1) is 12.9. The number of aromatic nitrogens is 1. The van der Waals surface area contributed by atoms with Crippen molar-refractivity contribution in [3.8, 4) is 0 Å². The SMILES string of the molecule is CCc1ocnc1C(=O)N1CCC[C@H](CCc2ccccc2C(F)(F)F)C1. The van der Waals surface area contributed by atoms with E-state index >= 15 is 0 Å². The van der Waals surface area contributed by atoms with E-state index < -0.39 is 11.7 Å². The molecular formula is C20H23F3N2O2. The van der Waals surface area contributed by atoms with Gasteiger partial charge in [-0.1, -0.05) is 25.1 Å². The minimum Gasteiger partial charge on any atom is -0.448 e. The predicted octanol–water partition coefficient (Wildman–Crippen LogP) is 4.74. The van der Waals surface area contributed by atoms with Crippen LogP contribution in [-0.4, -0.2) is 28.9 Å². The van der Waals surface area contributed by atoms with Crippen LogP contribution in [0.25, 0.3) is 0 Å². The number of nitrogens with zero attached hydrogens (tertiary/aromatic N) is 2. The van der Waals surface area contributed by atoms with Gasteiger partial charge in [0.1, 0.15) is 5.76 Å². The Bertz CT molecular complexity index is 786. The molecule has 1 aliphatic heterocycles. The van der Waals surface area contributed by atoms with Crippen LogP contribution < -0.4 is 0 Å². The van der Waals surface area contributed by atoms with Gasteiger partial charge in [0.25, 0.3) is 5.91 Å². The molecule has 0 aliphatic carbocycles. The summed E-state index contributed by atoms with van der Waals surface area (Å²) in [5, 5.41) is 0. The van der Waals surface area contributed by atoms with E-state index in [9.17, 15) is 18.0 Å². The van der Waals surface area contributed by atoms with Crippen molar-refractivity contribution >= 4 is 5.91 Å². The van der Waals surface area contributed by atoms with E-state index in [0.29, 0.717) is 49.4 Å². The van der Waals surface area contributed by atoms with Gasteiger partial charge in [-0.3, -0.25) is 4.79 Å². The lowest BCUT2D eigenvalue weighted by atomic mass is 9.90. The van der Waals surface area contributed by atoms with Gasteiger partial charge in [-0.25, -0.2) is 4.98 Å². The minimum absolute atomic E-state index is 0.152. The second kappa shape index (κ2) is 8.15. The van der Waals surface area contributed by atoms with E-state index in [0.717, 1.165) is 18.9 Å². The number of piperidine rings is 1. The monoisotopic (exact) mass is 380 g/mol. The highest BCUT2D eigenvalue weighted by Gasteiger charge is 2.33. The number of hydrogen-bond donors (Lipinski definition) is 0. The van der Waals surface area contributed by atoms with E-state index in [1.54, 1.807) is 11.0 Å². The summed E-state index contributed by atoms with van der Waals surface area (Å²) in [6, 6.07) is 5.72. The Morgan fingerprint density at radius 3 is 2.85 bits per heavy atom. The van der Waals surface area contributed by atoms with Gasteiger partial charge in [0, 0.05) is 19.5 Å². The molecule has 2 aromatic rings. The first kappa shape index (κ1) is 19.5. The molecule has 1 aliphatic rings. The molecule has 4 nitrogen and oxygen atoms in total. The summed E-state index contributed by atoms with van der Waals surface area (Å²) >= 11 is 0. The van der Waals surface area contributed by atoms with Crippen molar-refractivity contribution < 1.29 is 22.4 Å².